The average molecular weight is 332 g/mol. The third-order valence-corrected chi connectivity index (χ3v) is 4.01. The summed E-state index contributed by atoms with van der Waals surface area (Å²) in [5.41, 5.74) is 3.46. The highest BCUT2D eigenvalue weighted by Crippen LogP contribution is 2.20. The van der Waals surface area contributed by atoms with Crippen molar-refractivity contribution in [1.82, 2.24) is 5.32 Å². The van der Waals surface area contributed by atoms with E-state index in [0.29, 0.717) is 10.8 Å². The molecule has 0 aliphatic carbocycles. The lowest BCUT2D eigenvalue weighted by molar-refractivity contribution is -0.127. The summed E-state index contributed by atoms with van der Waals surface area (Å²) in [4.78, 5) is 12.3. The molecular formula is C19H22ClNO2. The number of rotatable bonds is 5. The van der Waals surface area contributed by atoms with Crippen LogP contribution in [0.15, 0.2) is 42.5 Å². The second-order valence-electron chi connectivity index (χ2n) is 5.80. The Kier molecular flexibility index (Phi) is 5.67. The van der Waals surface area contributed by atoms with E-state index in [1.807, 2.05) is 20.8 Å². The summed E-state index contributed by atoms with van der Waals surface area (Å²) in [5.74, 6) is 0.477. The molecule has 23 heavy (non-hydrogen) atoms. The van der Waals surface area contributed by atoms with E-state index in [1.165, 1.54) is 5.56 Å². The van der Waals surface area contributed by atoms with Crippen LogP contribution in [0.1, 0.15) is 36.6 Å². The molecule has 0 aliphatic heterocycles. The first-order chi connectivity index (χ1) is 10.9. The average Bonchev–Trinajstić information content (AvgIpc) is 2.51. The highest BCUT2D eigenvalue weighted by molar-refractivity contribution is 6.30. The maximum atomic E-state index is 12.3. The van der Waals surface area contributed by atoms with Crippen LogP contribution < -0.4 is 10.1 Å². The molecule has 2 aromatic carbocycles. The molecule has 0 aliphatic rings. The van der Waals surface area contributed by atoms with Crippen LogP contribution in [-0.2, 0) is 4.79 Å². The summed E-state index contributed by atoms with van der Waals surface area (Å²) in [7, 11) is 0. The third-order valence-electron chi connectivity index (χ3n) is 3.76. The number of aryl methyl sites for hydroxylation is 2. The normalized spacial score (nSPS) is 13.3. The van der Waals surface area contributed by atoms with Gasteiger partial charge in [0.15, 0.2) is 6.10 Å². The van der Waals surface area contributed by atoms with E-state index in [0.717, 1.165) is 11.1 Å². The van der Waals surface area contributed by atoms with Gasteiger partial charge in [-0.1, -0.05) is 35.4 Å². The van der Waals surface area contributed by atoms with Gasteiger partial charge in [-0.2, -0.15) is 0 Å². The summed E-state index contributed by atoms with van der Waals surface area (Å²) in [6.07, 6.45) is -0.580. The Hall–Kier alpha value is -2.00. The van der Waals surface area contributed by atoms with E-state index in [4.69, 9.17) is 16.3 Å². The number of carbonyl (C=O) groups is 1. The molecule has 4 heteroatoms. The summed E-state index contributed by atoms with van der Waals surface area (Å²) >= 11 is 5.84. The summed E-state index contributed by atoms with van der Waals surface area (Å²) in [6, 6.07) is 13.1. The monoisotopic (exact) mass is 331 g/mol. The summed E-state index contributed by atoms with van der Waals surface area (Å²) in [5, 5.41) is 3.64. The zero-order valence-corrected chi connectivity index (χ0v) is 14.6. The molecule has 0 fully saturated rings. The molecule has 0 saturated heterocycles. The van der Waals surface area contributed by atoms with Crippen molar-refractivity contribution in [2.75, 3.05) is 0 Å². The van der Waals surface area contributed by atoms with Gasteiger partial charge < -0.3 is 10.1 Å². The van der Waals surface area contributed by atoms with Gasteiger partial charge in [0.25, 0.3) is 5.91 Å². The lowest BCUT2D eigenvalue weighted by Gasteiger charge is -2.20. The number of nitrogens with one attached hydrogen (secondary N) is 1. The molecule has 2 unspecified atom stereocenters. The fraction of sp³-hybridized carbons (Fsp3) is 0.316. The molecule has 3 nitrogen and oxygen atoms in total. The van der Waals surface area contributed by atoms with Gasteiger partial charge in [-0.15, -0.1) is 0 Å². The minimum atomic E-state index is -0.580. The van der Waals surface area contributed by atoms with E-state index < -0.39 is 6.10 Å². The Bertz CT molecular complexity index is 682. The molecule has 0 spiro atoms. The van der Waals surface area contributed by atoms with Gasteiger partial charge in [0.2, 0.25) is 0 Å². The van der Waals surface area contributed by atoms with Gasteiger partial charge in [0.1, 0.15) is 5.75 Å². The third kappa shape index (κ3) is 4.73. The second kappa shape index (κ2) is 7.51. The number of hydrogen-bond acceptors (Lipinski definition) is 2. The molecule has 1 amide bonds. The highest BCUT2D eigenvalue weighted by atomic mass is 35.5. The summed E-state index contributed by atoms with van der Waals surface area (Å²) < 4.78 is 5.65. The number of halogens is 1. The van der Waals surface area contributed by atoms with Crippen LogP contribution in [0, 0.1) is 13.8 Å². The number of amides is 1. The fourth-order valence-corrected chi connectivity index (χ4v) is 2.53. The van der Waals surface area contributed by atoms with E-state index in [9.17, 15) is 4.79 Å². The van der Waals surface area contributed by atoms with Crippen LogP contribution in [-0.4, -0.2) is 12.0 Å². The van der Waals surface area contributed by atoms with Crippen molar-refractivity contribution in [3.05, 3.63) is 64.2 Å². The minimum Gasteiger partial charge on any atom is -0.481 e. The molecular weight excluding hydrogens is 310 g/mol. The quantitative estimate of drug-likeness (QED) is 0.869. The molecule has 1 N–H and O–H groups in total. The van der Waals surface area contributed by atoms with E-state index in [2.05, 4.69) is 23.5 Å². The SMILES string of the molecule is Cc1ccc(C)c(C(C)NC(=O)C(C)Oc2ccc(Cl)cc2)c1. The van der Waals surface area contributed by atoms with Crippen LogP contribution >= 0.6 is 11.6 Å². The Morgan fingerprint density at radius 1 is 1.09 bits per heavy atom. The molecule has 0 radical (unpaired) electrons. The van der Waals surface area contributed by atoms with E-state index in [1.54, 1.807) is 31.2 Å². The highest BCUT2D eigenvalue weighted by Gasteiger charge is 2.18. The van der Waals surface area contributed by atoms with E-state index >= 15 is 0 Å². The van der Waals surface area contributed by atoms with Gasteiger partial charge in [-0.3, -0.25) is 4.79 Å². The van der Waals surface area contributed by atoms with Crippen molar-refractivity contribution in [3.63, 3.8) is 0 Å². The van der Waals surface area contributed by atoms with Crippen LogP contribution in [0.3, 0.4) is 0 Å². The smallest absolute Gasteiger partial charge is 0.261 e. The van der Waals surface area contributed by atoms with Crippen molar-refractivity contribution in [2.24, 2.45) is 0 Å². The Morgan fingerprint density at radius 3 is 2.39 bits per heavy atom. The lowest BCUT2D eigenvalue weighted by atomic mass is 10.00. The first-order valence-electron chi connectivity index (χ1n) is 7.66. The Balaban J connectivity index is 2.00. The number of hydrogen-bond donors (Lipinski definition) is 1. The maximum Gasteiger partial charge on any atom is 0.261 e. The van der Waals surface area contributed by atoms with Crippen LogP contribution in [0.2, 0.25) is 5.02 Å². The zero-order chi connectivity index (χ0) is 17.0. The standard InChI is InChI=1S/C19H22ClNO2/c1-12-5-6-13(2)18(11-12)14(3)21-19(22)15(4)23-17-9-7-16(20)8-10-17/h5-11,14-15H,1-4H3,(H,21,22). The number of benzene rings is 2. The number of carbonyl (C=O) groups excluding carboxylic acids is 1. The van der Waals surface area contributed by atoms with Crippen molar-refractivity contribution in [3.8, 4) is 5.75 Å². The van der Waals surface area contributed by atoms with Crippen molar-refractivity contribution >= 4 is 17.5 Å². The molecule has 0 aromatic heterocycles. The maximum absolute atomic E-state index is 12.3. The van der Waals surface area contributed by atoms with Gasteiger partial charge in [0.05, 0.1) is 6.04 Å². The first-order valence-corrected chi connectivity index (χ1v) is 8.04. The van der Waals surface area contributed by atoms with Crippen LogP contribution in [0.4, 0.5) is 0 Å². The predicted molar refractivity (Wildman–Crippen MR) is 94.0 cm³/mol. The lowest BCUT2D eigenvalue weighted by Crippen LogP contribution is -2.38. The van der Waals surface area contributed by atoms with Crippen molar-refractivity contribution < 1.29 is 9.53 Å². The van der Waals surface area contributed by atoms with Gasteiger partial charge >= 0.3 is 0 Å². The predicted octanol–water partition coefficient (Wildman–Crippen LogP) is 4.60. The largest absolute Gasteiger partial charge is 0.481 e. The molecule has 122 valence electrons. The van der Waals surface area contributed by atoms with Gasteiger partial charge in [0, 0.05) is 5.02 Å². The Morgan fingerprint density at radius 2 is 1.74 bits per heavy atom. The molecule has 2 atom stereocenters. The van der Waals surface area contributed by atoms with E-state index in [-0.39, 0.29) is 11.9 Å². The zero-order valence-electron chi connectivity index (χ0n) is 13.9. The van der Waals surface area contributed by atoms with Gasteiger partial charge in [-0.05, 0) is 63.1 Å². The molecule has 2 rings (SSSR count). The molecule has 0 heterocycles. The molecule has 0 bridgehead atoms. The van der Waals surface area contributed by atoms with Crippen molar-refractivity contribution in [1.29, 1.82) is 0 Å². The minimum absolute atomic E-state index is 0.0707. The van der Waals surface area contributed by atoms with Crippen LogP contribution in [0.25, 0.3) is 0 Å². The molecule has 2 aromatic rings. The second-order valence-corrected chi connectivity index (χ2v) is 6.24. The topological polar surface area (TPSA) is 38.3 Å². The molecule has 0 saturated carbocycles. The summed E-state index contributed by atoms with van der Waals surface area (Å²) in [6.45, 7) is 7.81. The van der Waals surface area contributed by atoms with Crippen molar-refractivity contribution in [2.45, 2.75) is 39.8 Å². The van der Waals surface area contributed by atoms with Gasteiger partial charge in [-0.25, -0.2) is 0 Å². The van der Waals surface area contributed by atoms with Crippen LogP contribution in [0.5, 0.6) is 5.75 Å². The number of ether oxygens (including phenoxy) is 1. The fourth-order valence-electron chi connectivity index (χ4n) is 2.41. The Labute approximate surface area is 142 Å². The first kappa shape index (κ1) is 17.4.